The Balaban J connectivity index is 1.50. The van der Waals surface area contributed by atoms with E-state index >= 15 is 0 Å². The Morgan fingerprint density at radius 3 is 2.57 bits per heavy atom. The zero-order chi connectivity index (χ0) is 14.8. The van der Waals surface area contributed by atoms with E-state index in [9.17, 15) is 9.59 Å². The number of amides is 2. The third kappa shape index (κ3) is 3.63. The minimum absolute atomic E-state index is 0.0214. The molecule has 114 valence electrons. The number of thiophene rings is 1. The van der Waals surface area contributed by atoms with Crippen LogP contribution in [0.3, 0.4) is 0 Å². The molecule has 2 amide bonds. The van der Waals surface area contributed by atoms with E-state index < -0.39 is 5.91 Å². The number of nitrogens with one attached hydrogen (secondary N) is 1. The smallest absolute Gasteiger partial charge is 0.263 e. The molecule has 1 aliphatic heterocycles. The Kier molecular flexibility index (Phi) is 4.26. The van der Waals surface area contributed by atoms with Crippen LogP contribution in [0, 0.1) is 5.92 Å². The Morgan fingerprint density at radius 2 is 2.00 bits per heavy atom. The highest BCUT2D eigenvalue weighted by Gasteiger charge is 2.27. The number of rotatable bonds is 5. The molecule has 0 radical (unpaired) electrons. The predicted octanol–water partition coefficient (Wildman–Crippen LogP) is 1.45. The topological polar surface area (TPSA) is 75.4 Å². The summed E-state index contributed by atoms with van der Waals surface area (Å²) < 4.78 is 0. The van der Waals surface area contributed by atoms with Gasteiger partial charge < -0.3 is 16.0 Å². The molecule has 0 spiro atoms. The van der Waals surface area contributed by atoms with Gasteiger partial charge in [-0.25, -0.2) is 0 Å². The van der Waals surface area contributed by atoms with Gasteiger partial charge in [0.05, 0.1) is 10.4 Å². The average Bonchev–Trinajstić information content (AvgIpc) is 3.18. The van der Waals surface area contributed by atoms with Gasteiger partial charge in [-0.1, -0.05) is 0 Å². The van der Waals surface area contributed by atoms with Crippen LogP contribution in [0.25, 0.3) is 0 Å². The van der Waals surface area contributed by atoms with E-state index in [1.807, 2.05) is 4.90 Å². The van der Waals surface area contributed by atoms with Gasteiger partial charge in [-0.05, 0) is 44.2 Å². The molecule has 21 heavy (non-hydrogen) atoms. The molecule has 1 saturated carbocycles. The number of nitrogens with zero attached hydrogens (tertiary/aromatic N) is 1. The molecule has 0 bridgehead atoms. The first-order valence-corrected chi connectivity index (χ1v) is 8.42. The van der Waals surface area contributed by atoms with Crippen LogP contribution < -0.4 is 11.1 Å². The number of primary amides is 1. The number of likely N-dealkylation sites (tertiary alicyclic amines) is 1. The summed E-state index contributed by atoms with van der Waals surface area (Å²) in [6.07, 6.45) is 4.74. The first-order chi connectivity index (χ1) is 10.1. The van der Waals surface area contributed by atoms with Crippen LogP contribution in [-0.2, 0) is 0 Å². The zero-order valence-electron chi connectivity index (χ0n) is 12.0. The van der Waals surface area contributed by atoms with Crippen LogP contribution in [-0.4, -0.2) is 42.4 Å². The maximum atomic E-state index is 12.4. The van der Waals surface area contributed by atoms with Crippen LogP contribution in [0.1, 0.15) is 45.7 Å². The van der Waals surface area contributed by atoms with Crippen molar-refractivity contribution in [2.75, 3.05) is 19.6 Å². The van der Waals surface area contributed by atoms with Crippen LogP contribution in [0.4, 0.5) is 0 Å². The second-order valence-corrected chi connectivity index (χ2v) is 6.89. The quantitative estimate of drug-likeness (QED) is 0.864. The van der Waals surface area contributed by atoms with Crippen molar-refractivity contribution in [2.45, 2.75) is 31.7 Å². The van der Waals surface area contributed by atoms with E-state index in [1.165, 1.54) is 24.2 Å². The molecule has 2 heterocycles. The zero-order valence-corrected chi connectivity index (χ0v) is 12.8. The van der Waals surface area contributed by atoms with Gasteiger partial charge in [0, 0.05) is 24.5 Å². The molecular formula is C15H21N3O2S. The molecule has 1 aromatic heterocycles. The minimum Gasteiger partial charge on any atom is -0.366 e. The van der Waals surface area contributed by atoms with Gasteiger partial charge >= 0.3 is 0 Å². The van der Waals surface area contributed by atoms with Crippen molar-refractivity contribution in [3.05, 3.63) is 21.9 Å². The van der Waals surface area contributed by atoms with Gasteiger partial charge in [0.15, 0.2) is 0 Å². The lowest BCUT2D eigenvalue weighted by atomic mass is 10.0. The lowest BCUT2D eigenvalue weighted by Gasteiger charge is -2.32. The molecule has 1 aliphatic carbocycles. The number of hydrogen-bond donors (Lipinski definition) is 2. The molecule has 5 nitrogen and oxygen atoms in total. The Morgan fingerprint density at radius 1 is 1.29 bits per heavy atom. The monoisotopic (exact) mass is 307 g/mol. The fraction of sp³-hybridized carbons (Fsp3) is 0.600. The molecule has 1 saturated heterocycles. The summed E-state index contributed by atoms with van der Waals surface area (Å²) in [5, 5.41) is 5.26. The maximum Gasteiger partial charge on any atom is 0.263 e. The molecule has 3 rings (SSSR count). The highest BCUT2D eigenvalue weighted by atomic mass is 32.1. The number of carbonyl (C=O) groups excluding carboxylic acids is 2. The third-order valence-corrected chi connectivity index (χ3v) is 5.19. The summed E-state index contributed by atoms with van der Waals surface area (Å²) in [7, 11) is 0. The number of nitrogens with two attached hydrogens (primary N) is 1. The van der Waals surface area contributed by atoms with Crippen molar-refractivity contribution in [3.63, 3.8) is 0 Å². The largest absolute Gasteiger partial charge is 0.366 e. The molecule has 2 aliphatic rings. The summed E-state index contributed by atoms with van der Waals surface area (Å²) >= 11 is 1.30. The van der Waals surface area contributed by atoms with Gasteiger partial charge in [-0.2, -0.15) is 0 Å². The minimum atomic E-state index is -0.478. The molecular weight excluding hydrogens is 286 g/mol. The van der Waals surface area contributed by atoms with Gasteiger partial charge in [-0.15, -0.1) is 11.3 Å². The van der Waals surface area contributed by atoms with E-state index in [0.29, 0.717) is 16.5 Å². The van der Waals surface area contributed by atoms with Crippen LogP contribution >= 0.6 is 11.3 Å². The summed E-state index contributed by atoms with van der Waals surface area (Å²) in [4.78, 5) is 26.0. The lowest BCUT2D eigenvalue weighted by molar-refractivity contribution is 0.0710. The summed E-state index contributed by atoms with van der Waals surface area (Å²) in [6.45, 7) is 2.70. The number of piperidine rings is 1. The Hall–Kier alpha value is -1.40. The first-order valence-electron chi connectivity index (χ1n) is 7.54. The number of carbonyl (C=O) groups is 2. The fourth-order valence-corrected chi connectivity index (χ4v) is 3.54. The molecule has 3 N–H and O–H groups in total. The van der Waals surface area contributed by atoms with Gasteiger partial charge in [0.2, 0.25) is 5.91 Å². The SMILES string of the molecule is NC(=O)c1csc(C(=O)N2CCC(NCC3CC3)CC2)c1. The van der Waals surface area contributed by atoms with E-state index in [0.717, 1.165) is 38.4 Å². The standard InChI is InChI=1S/C15H21N3O2S/c16-14(19)11-7-13(21-9-11)15(20)18-5-3-12(4-6-18)17-8-10-1-2-10/h7,9-10,12,17H,1-6,8H2,(H2,16,19). The van der Waals surface area contributed by atoms with Crippen LogP contribution in [0.5, 0.6) is 0 Å². The summed E-state index contributed by atoms with van der Waals surface area (Å²) in [5.41, 5.74) is 5.64. The lowest BCUT2D eigenvalue weighted by Crippen LogP contribution is -2.45. The van der Waals surface area contributed by atoms with Crippen LogP contribution in [0.2, 0.25) is 0 Å². The van der Waals surface area contributed by atoms with Gasteiger partial charge in [0.1, 0.15) is 0 Å². The van der Waals surface area contributed by atoms with E-state index in [4.69, 9.17) is 5.73 Å². The van der Waals surface area contributed by atoms with E-state index in [2.05, 4.69) is 5.32 Å². The van der Waals surface area contributed by atoms with Crippen molar-refractivity contribution in [3.8, 4) is 0 Å². The van der Waals surface area contributed by atoms with E-state index in [1.54, 1.807) is 11.4 Å². The highest BCUT2D eigenvalue weighted by Crippen LogP contribution is 2.28. The van der Waals surface area contributed by atoms with Crippen molar-refractivity contribution in [1.82, 2.24) is 10.2 Å². The third-order valence-electron chi connectivity index (χ3n) is 4.27. The number of hydrogen-bond acceptors (Lipinski definition) is 4. The Bertz CT molecular complexity index is 531. The Labute approximate surface area is 128 Å². The molecule has 6 heteroatoms. The average molecular weight is 307 g/mol. The molecule has 0 atom stereocenters. The molecule has 2 fully saturated rings. The van der Waals surface area contributed by atoms with Crippen molar-refractivity contribution in [2.24, 2.45) is 11.7 Å². The highest BCUT2D eigenvalue weighted by molar-refractivity contribution is 7.12. The first kappa shape index (κ1) is 14.5. The summed E-state index contributed by atoms with van der Waals surface area (Å²) in [6, 6.07) is 2.14. The molecule has 1 aromatic rings. The van der Waals surface area contributed by atoms with Crippen LogP contribution in [0.15, 0.2) is 11.4 Å². The second kappa shape index (κ2) is 6.15. The fourth-order valence-electron chi connectivity index (χ4n) is 2.68. The van der Waals surface area contributed by atoms with Crippen molar-refractivity contribution >= 4 is 23.2 Å². The summed E-state index contributed by atoms with van der Waals surface area (Å²) in [5.74, 6) is 0.435. The normalized spacial score (nSPS) is 19.7. The maximum absolute atomic E-state index is 12.4. The van der Waals surface area contributed by atoms with Gasteiger partial charge in [0.25, 0.3) is 5.91 Å². The van der Waals surface area contributed by atoms with E-state index in [-0.39, 0.29) is 5.91 Å². The second-order valence-electron chi connectivity index (χ2n) is 5.98. The molecule has 0 unspecified atom stereocenters. The van der Waals surface area contributed by atoms with Crippen molar-refractivity contribution in [1.29, 1.82) is 0 Å². The van der Waals surface area contributed by atoms with Gasteiger partial charge in [-0.3, -0.25) is 9.59 Å². The molecule has 0 aromatic carbocycles. The predicted molar refractivity (Wildman–Crippen MR) is 82.5 cm³/mol. The van der Waals surface area contributed by atoms with Crippen molar-refractivity contribution < 1.29 is 9.59 Å².